The van der Waals surface area contributed by atoms with Crippen LogP contribution in [0.4, 0.5) is 10.1 Å². The van der Waals surface area contributed by atoms with Gasteiger partial charge in [-0.1, -0.05) is 0 Å². The summed E-state index contributed by atoms with van der Waals surface area (Å²) in [5, 5.41) is 12.8. The van der Waals surface area contributed by atoms with Crippen molar-refractivity contribution < 1.29 is 14.2 Å². The molecule has 0 aromatic heterocycles. The third kappa shape index (κ3) is 4.70. The number of ether oxygens (including phenoxy) is 1. The van der Waals surface area contributed by atoms with Crippen molar-refractivity contribution in [3.63, 3.8) is 0 Å². The van der Waals surface area contributed by atoms with Crippen molar-refractivity contribution >= 4 is 28.3 Å². The van der Waals surface area contributed by atoms with E-state index in [1.807, 2.05) is 0 Å². The van der Waals surface area contributed by atoms with Gasteiger partial charge >= 0.3 is 0 Å². The summed E-state index contributed by atoms with van der Waals surface area (Å²) in [6, 6.07) is 4.54. The summed E-state index contributed by atoms with van der Waals surface area (Å²) < 4.78 is 19.1. The fourth-order valence-corrected chi connectivity index (χ4v) is 2.24. The van der Waals surface area contributed by atoms with E-state index in [0.29, 0.717) is 19.1 Å². The summed E-state index contributed by atoms with van der Waals surface area (Å²) in [5.41, 5.74) is 0.832. The highest BCUT2D eigenvalue weighted by Gasteiger charge is 2.21. The Morgan fingerprint density at radius 1 is 1.50 bits per heavy atom. The second-order valence-electron chi connectivity index (χ2n) is 4.64. The van der Waals surface area contributed by atoms with E-state index in [1.165, 1.54) is 25.0 Å². The number of anilines is 1. The second kappa shape index (κ2) is 6.68. The Morgan fingerprint density at radius 3 is 2.94 bits per heavy atom. The highest BCUT2D eigenvalue weighted by molar-refractivity contribution is 14.1. The molecule has 0 spiro atoms. The smallest absolute Gasteiger partial charge is 0.124 e. The van der Waals surface area contributed by atoms with Crippen LogP contribution in [0.1, 0.15) is 12.8 Å². The van der Waals surface area contributed by atoms with Crippen molar-refractivity contribution in [1.82, 2.24) is 0 Å². The molecule has 1 aliphatic rings. The minimum Gasteiger partial charge on any atom is -0.389 e. The van der Waals surface area contributed by atoms with Gasteiger partial charge in [-0.2, -0.15) is 0 Å². The van der Waals surface area contributed by atoms with Gasteiger partial charge in [-0.25, -0.2) is 4.39 Å². The van der Waals surface area contributed by atoms with Crippen LogP contribution in [0.2, 0.25) is 0 Å². The van der Waals surface area contributed by atoms with Crippen LogP contribution in [0.15, 0.2) is 18.2 Å². The zero-order chi connectivity index (χ0) is 13.0. The van der Waals surface area contributed by atoms with Crippen molar-refractivity contribution in [1.29, 1.82) is 0 Å². The molecule has 0 radical (unpaired) electrons. The lowest BCUT2D eigenvalue weighted by Gasteiger charge is -2.14. The van der Waals surface area contributed by atoms with Crippen LogP contribution >= 0.6 is 22.6 Å². The molecule has 3 nitrogen and oxygen atoms in total. The van der Waals surface area contributed by atoms with E-state index in [9.17, 15) is 9.50 Å². The lowest BCUT2D eigenvalue weighted by molar-refractivity contribution is 0.0386. The maximum Gasteiger partial charge on any atom is 0.124 e. The van der Waals surface area contributed by atoms with Crippen molar-refractivity contribution in [2.24, 2.45) is 5.92 Å². The monoisotopic (exact) mass is 365 g/mol. The van der Waals surface area contributed by atoms with Crippen molar-refractivity contribution in [2.75, 3.05) is 25.1 Å². The topological polar surface area (TPSA) is 41.5 Å². The van der Waals surface area contributed by atoms with Crippen LogP contribution in [0.5, 0.6) is 0 Å². The molecule has 2 N–H and O–H groups in total. The number of hydrogen-bond donors (Lipinski definition) is 2. The largest absolute Gasteiger partial charge is 0.389 e. The lowest BCUT2D eigenvalue weighted by atomic mass is 10.3. The Balaban J connectivity index is 1.68. The Kier molecular flexibility index (Phi) is 5.20. The molecule has 2 rings (SSSR count). The van der Waals surface area contributed by atoms with E-state index in [4.69, 9.17) is 4.74 Å². The number of benzene rings is 1. The first-order valence-corrected chi connectivity index (χ1v) is 7.18. The van der Waals surface area contributed by atoms with Gasteiger partial charge in [0, 0.05) is 22.4 Å². The average molecular weight is 365 g/mol. The molecule has 0 saturated heterocycles. The van der Waals surface area contributed by atoms with E-state index in [-0.39, 0.29) is 5.82 Å². The number of halogens is 2. The minimum absolute atomic E-state index is 0.252. The molecule has 0 aliphatic heterocycles. The molecule has 18 heavy (non-hydrogen) atoms. The highest BCUT2D eigenvalue weighted by Crippen LogP contribution is 2.28. The van der Waals surface area contributed by atoms with Crippen LogP contribution in [0.3, 0.4) is 0 Å². The Hall–Kier alpha value is -0.400. The van der Waals surface area contributed by atoms with E-state index in [0.717, 1.165) is 15.9 Å². The van der Waals surface area contributed by atoms with Crippen LogP contribution in [0, 0.1) is 15.3 Å². The molecular formula is C13H17FINO2. The predicted octanol–water partition coefficient (Wildman–Crippen LogP) is 2.63. The molecule has 1 saturated carbocycles. The van der Waals surface area contributed by atoms with Gasteiger partial charge in [0.1, 0.15) is 5.82 Å². The molecule has 100 valence electrons. The van der Waals surface area contributed by atoms with E-state index in [2.05, 4.69) is 27.9 Å². The average Bonchev–Trinajstić information content (AvgIpc) is 3.12. The molecular weight excluding hydrogens is 348 g/mol. The lowest BCUT2D eigenvalue weighted by Crippen LogP contribution is -2.25. The first-order valence-electron chi connectivity index (χ1n) is 6.10. The predicted molar refractivity (Wildman–Crippen MR) is 77.2 cm³/mol. The van der Waals surface area contributed by atoms with Crippen LogP contribution in [0.25, 0.3) is 0 Å². The van der Waals surface area contributed by atoms with Crippen LogP contribution < -0.4 is 5.32 Å². The Bertz CT molecular complexity index is 399. The van der Waals surface area contributed by atoms with Gasteiger partial charge in [0.25, 0.3) is 0 Å². The zero-order valence-electron chi connectivity index (χ0n) is 10.0. The van der Waals surface area contributed by atoms with Gasteiger partial charge in [-0.05, 0) is 59.5 Å². The van der Waals surface area contributed by atoms with Gasteiger partial charge < -0.3 is 15.2 Å². The molecule has 1 atom stereocenters. The highest BCUT2D eigenvalue weighted by atomic mass is 127. The first kappa shape index (κ1) is 14.0. The molecule has 0 amide bonds. The molecule has 5 heteroatoms. The third-order valence-corrected chi connectivity index (χ3v) is 3.71. The zero-order valence-corrected chi connectivity index (χ0v) is 12.2. The SMILES string of the molecule is OC(CNc1ccc(F)cc1I)COCC1CC1. The molecule has 1 aliphatic carbocycles. The second-order valence-corrected chi connectivity index (χ2v) is 5.80. The van der Waals surface area contributed by atoms with Crippen LogP contribution in [-0.4, -0.2) is 31.0 Å². The third-order valence-electron chi connectivity index (χ3n) is 2.82. The number of rotatable bonds is 7. The van der Waals surface area contributed by atoms with Gasteiger partial charge in [0.15, 0.2) is 0 Å². The van der Waals surface area contributed by atoms with E-state index in [1.54, 1.807) is 6.07 Å². The molecule has 0 bridgehead atoms. The Labute approximate surface area is 120 Å². The maximum atomic E-state index is 12.9. The number of aliphatic hydroxyl groups is 1. The van der Waals surface area contributed by atoms with Gasteiger partial charge in [0.05, 0.1) is 12.7 Å². The maximum absolute atomic E-state index is 12.9. The van der Waals surface area contributed by atoms with Crippen molar-refractivity contribution in [2.45, 2.75) is 18.9 Å². The summed E-state index contributed by atoms with van der Waals surface area (Å²) in [7, 11) is 0. The molecule has 0 heterocycles. The summed E-state index contributed by atoms with van der Waals surface area (Å²) in [6.45, 7) is 1.51. The Morgan fingerprint density at radius 2 is 2.28 bits per heavy atom. The molecule has 1 fully saturated rings. The fraction of sp³-hybridized carbons (Fsp3) is 0.538. The summed E-state index contributed by atoms with van der Waals surface area (Å²) >= 11 is 2.06. The first-order chi connectivity index (χ1) is 8.65. The fourth-order valence-electron chi connectivity index (χ4n) is 1.57. The molecule has 1 unspecified atom stereocenters. The summed E-state index contributed by atoms with van der Waals surface area (Å²) in [6.07, 6.45) is 1.97. The number of aliphatic hydroxyl groups excluding tert-OH is 1. The van der Waals surface area contributed by atoms with Gasteiger partial charge in [-0.3, -0.25) is 0 Å². The quantitative estimate of drug-likeness (QED) is 0.730. The standard InChI is InChI=1S/C13H17FINO2/c14-10-3-4-13(12(15)5-10)16-6-11(17)8-18-7-9-1-2-9/h3-5,9,11,16-17H,1-2,6-8H2. The normalized spacial score (nSPS) is 16.6. The molecule has 1 aromatic carbocycles. The van der Waals surface area contributed by atoms with Crippen molar-refractivity contribution in [3.05, 3.63) is 27.6 Å². The van der Waals surface area contributed by atoms with Crippen molar-refractivity contribution in [3.8, 4) is 0 Å². The van der Waals surface area contributed by atoms with Crippen LogP contribution in [-0.2, 0) is 4.74 Å². The minimum atomic E-state index is -0.537. The number of nitrogens with one attached hydrogen (secondary N) is 1. The molecule has 1 aromatic rings. The summed E-state index contributed by atoms with van der Waals surface area (Å²) in [4.78, 5) is 0. The summed E-state index contributed by atoms with van der Waals surface area (Å²) in [5.74, 6) is 0.460. The van der Waals surface area contributed by atoms with Gasteiger partial charge in [-0.15, -0.1) is 0 Å². The number of hydrogen-bond acceptors (Lipinski definition) is 3. The van der Waals surface area contributed by atoms with E-state index < -0.39 is 6.10 Å². The van der Waals surface area contributed by atoms with E-state index >= 15 is 0 Å². The van der Waals surface area contributed by atoms with Gasteiger partial charge in [0.2, 0.25) is 0 Å².